The van der Waals surface area contributed by atoms with Crippen molar-refractivity contribution < 1.29 is 31.9 Å². The largest absolute Gasteiger partial charge is 0.416 e. The van der Waals surface area contributed by atoms with Gasteiger partial charge >= 0.3 is 6.18 Å². The first-order valence-corrected chi connectivity index (χ1v) is 14.8. The number of carbonyl (C=O) groups is 2. The third kappa shape index (κ3) is 4.85. The molecule has 6 rings (SSSR count). The molecule has 2 amide bonds. The maximum absolute atomic E-state index is 13.2. The van der Waals surface area contributed by atoms with Gasteiger partial charge in [-0.15, -0.1) is 0 Å². The van der Waals surface area contributed by atoms with Gasteiger partial charge in [0.05, 0.1) is 27.8 Å². The van der Waals surface area contributed by atoms with Gasteiger partial charge in [-0.2, -0.15) is 17.5 Å². The minimum absolute atomic E-state index is 0.0641. The number of rotatable bonds is 5. The van der Waals surface area contributed by atoms with Gasteiger partial charge in [-0.3, -0.25) is 23.0 Å². The maximum atomic E-state index is 13.2. The number of nitrogens with two attached hydrogens (primary N) is 1. The fourth-order valence-electron chi connectivity index (χ4n) is 7.31. The number of halogens is 5. The number of nitrogens with zero attached hydrogens (tertiary/aromatic N) is 2. The number of hydrogen-bond donors (Lipinski definition) is 4. The van der Waals surface area contributed by atoms with Crippen molar-refractivity contribution in [3.63, 3.8) is 0 Å². The van der Waals surface area contributed by atoms with Gasteiger partial charge in [0, 0.05) is 24.5 Å². The quantitative estimate of drug-likeness (QED) is 0.372. The van der Waals surface area contributed by atoms with Gasteiger partial charge in [0.2, 0.25) is 11.8 Å². The molecule has 1 heterocycles. The Morgan fingerprint density at radius 3 is 2.24 bits per heavy atom. The van der Waals surface area contributed by atoms with Crippen LogP contribution >= 0.6 is 34.2 Å². The van der Waals surface area contributed by atoms with Crippen LogP contribution < -0.4 is 15.4 Å². The fourth-order valence-corrected chi connectivity index (χ4v) is 10.0. The van der Waals surface area contributed by atoms with Crippen molar-refractivity contribution in [1.29, 1.82) is 0 Å². The summed E-state index contributed by atoms with van der Waals surface area (Å²) in [4.78, 5) is 25.4. The van der Waals surface area contributed by atoms with Crippen LogP contribution in [0.5, 0.6) is 0 Å². The Hall–Kier alpha value is -1.44. The zero-order valence-electron chi connectivity index (χ0n) is 20.7. The number of carbonyl (C=O) groups excluding carboxylic acids is 2. The van der Waals surface area contributed by atoms with E-state index in [1.54, 1.807) is 0 Å². The summed E-state index contributed by atoms with van der Waals surface area (Å²) in [6.07, 6.45) is -0.726. The molecule has 0 aromatic heterocycles. The lowest BCUT2D eigenvalue weighted by atomic mass is 9.47. The smallest absolute Gasteiger partial charge is 0.369 e. The highest BCUT2D eigenvalue weighted by molar-refractivity contribution is 8.23. The van der Waals surface area contributed by atoms with E-state index in [9.17, 15) is 31.9 Å². The summed E-state index contributed by atoms with van der Waals surface area (Å²) in [5.74, 6) is -0.143. The average molecular weight is 600 g/mol. The lowest BCUT2D eigenvalue weighted by Gasteiger charge is -2.59. The summed E-state index contributed by atoms with van der Waals surface area (Å²) in [5.41, 5.74) is 4.08. The summed E-state index contributed by atoms with van der Waals surface area (Å²) in [5, 5.41) is 2.33. The van der Waals surface area contributed by atoms with Gasteiger partial charge in [0.25, 0.3) is 0 Å². The molecule has 2 unspecified atom stereocenters. The van der Waals surface area contributed by atoms with Gasteiger partial charge in [0.15, 0.2) is 0 Å². The zero-order valence-corrected chi connectivity index (χ0v) is 23.0. The fraction of sp³-hybridized carbons (Fsp3) is 0.667. The highest BCUT2D eigenvalue weighted by Crippen LogP contribution is 2.60. The molecule has 3 atom stereocenters. The Kier molecular flexibility index (Phi) is 7.09. The van der Waals surface area contributed by atoms with Crippen molar-refractivity contribution in [2.45, 2.75) is 51.2 Å². The van der Waals surface area contributed by atoms with Crippen LogP contribution in [0.25, 0.3) is 0 Å². The molecule has 14 heteroatoms. The Labute approximate surface area is 230 Å². The van der Waals surface area contributed by atoms with Crippen molar-refractivity contribution >= 4 is 51.7 Å². The zero-order chi connectivity index (χ0) is 27.8. The SMILES string of the molecule is C[C@@H]1CN(CC(=O)NC2C3CC4CC2CC(C(N)=O)(C4)C3)S(O)(O)N(c2c(Cl)cc(C(F)(F)F)cc2Cl)C1. The van der Waals surface area contributed by atoms with E-state index in [1.165, 1.54) is 4.31 Å². The van der Waals surface area contributed by atoms with Crippen LogP contribution in [-0.2, 0) is 15.8 Å². The minimum Gasteiger partial charge on any atom is -0.369 e. The van der Waals surface area contributed by atoms with Gasteiger partial charge in [-0.25, -0.2) is 0 Å². The lowest BCUT2D eigenvalue weighted by molar-refractivity contribution is -0.147. The van der Waals surface area contributed by atoms with E-state index in [1.807, 2.05) is 6.92 Å². The second-order valence-electron chi connectivity index (χ2n) is 11.5. The first kappa shape index (κ1) is 28.1. The van der Waals surface area contributed by atoms with E-state index in [4.69, 9.17) is 28.9 Å². The number of amides is 2. The standard InChI is InChI=1S/C24H31Cl2F3N4O4S/c1-12-9-32(38(36,37)33(10-12)21-17(25)4-16(5-18(21)26)24(27,28)29)11-19(34)31-20-14-2-13-3-15(20)8-23(6-13,7-14)22(30)35/h4-5,12-15,20,36-37H,2-3,6-11H2,1H3,(H2,30,35)(H,31,34)/t12-,13?,14?,15?,20?,23?/m1/s1. The summed E-state index contributed by atoms with van der Waals surface area (Å²) in [6, 6.07) is 1.27. The molecule has 4 saturated carbocycles. The number of nitrogens with one attached hydrogen (secondary N) is 1. The maximum Gasteiger partial charge on any atom is 0.416 e. The van der Waals surface area contributed by atoms with Crippen LogP contribution in [-0.4, -0.2) is 50.9 Å². The minimum atomic E-state index is -4.68. The molecule has 38 heavy (non-hydrogen) atoms. The highest BCUT2D eigenvalue weighted by Gasteiger charge is 2.58. The summed E-state index contributed by atoms with van der Waals surface area (Å²) < 4.78 is 64.4. The van der Waals surface area contributed by atoms with Gasteiger partial charge in [0.1, 0.15) is 0 Å². The molecule has 1 aromatic carbocycles. The number of primary amides is 1. The second kappa shape index (κ2) is 9.59. The lowest BCUT2D eigenvalue weighted by Crippen LogP contribution is -2.63. The van der Waals surface area contributed by atoms with Crippen LogP contribution in [0.4, 0.5) is 18.9 Å². The molecule has 212 valence electrons. The third-order valence-corrected chi connectivity index (χ3v) is 11.1. The molecule has 4 aliphatic carbocycles. The molecule has 1 saturated heterocycles. The van der Waals surface area contributed by atoms with E-state index in [0.29, 0.717) is 30.9 Å². The van der Waals surface area contributed by atoms with Crippen LogP contribution in [0.1, 0.15) is 44.6 Å². The van der Waals surface area contributed by atoms with E-state index >= 15 is 0 Å². The predicted molar refractivity (Wildman–Crippen MR) is 140 cm³/mol. The second-order valence-corrected chi connectivity index (χ2v) is 14.2. The first-order valence-electron chi connectivity index (χ1n) is 12.6. The van der Waals surface area contributed by atoms with Crippen LogP contribution in [0.2, 0.25) is 10.0 Å². The van der Waals surface area contributed by atoms with Crippen molar-refractivity contribution in [2.75, 3.05) is 23.9 Å². The van der Waals surface area contributed by atoms with Gasteiger partial charge in [-0.1, -0.05) is 30.1 Å². The molecular weight excluding hydrogens is 568 g/mol. The van der Waals surface area contributed by atoms with Crippen molar-refractivity contribution in [1.82, 2.24) is 9.62 Å². The van der Waals surface area contributed by atoms with Crippen molar-refractivity contribution in [3.05, 3.63) is 27.7 Å². The summed E-state index contributed by atoms with van der Waals surface area (Å²) in [6.45, 7) is 1.72. The molecule has 5 fully saturated rings. The van der Waals surface area contributed by atoms with Crippen LogP contribution in [0, 0.1) is 29.1 Å². The molecule has 8 nitrogen and oxygen atoms in total. The van der Waals surface area contributed by atoms with Crippen LogP contribution in [0.3, 0.4) is 0 Å². The summed E-state index contributed by atoms with van der Waals surface area (Å²) in [7, 11) is -3.83. The molecule has 5 N–H and O–H groups in total. The molecule has 0 spiro atoms. The van der Waals surface area contributed by atoms with Crippen molar-refractivity contribution in [2.24, 2.45) is 34.8 Å². The summed E-state index contributed by atoms with van der Waals surface area (Å²) >= 11 is 12.3. The third-order valence-electron chi connectivity index (χ3n) is 8.67. The molecule has 4 bridgehead atoms. The highest BCUT2D eigenvalue weighted by atomic mass is 35.5. The van der Waals surface area contributed by atoms with Gasteiger partial charge in [-0.05, 0) is 78.9 Å². The van der Waals surface area contributed by atoms with E-state index in [2.05, 4.69) is 5.32 Å². The molecule has 0 radical (unpaired) electrons. The predicted octanol–water partition coefficient (Wildman–Crippen LogP) is 5.15. The normalized spacial score (nSPS) is 35.3. The Morgan fingerprint density at radius 2 is 1.71 bits per heavy atom. The number of anilines is 1. The number of alkyl halides is 3. The van der Waals surface area contributed by atoms with Crippen molar-refractivity contribution in [3.8, 4) is 0 Å². The monoisotopic (exact) mass is 598 g/mol. The van der Waals surface area contributed by atoms with Gasteiger partial charge < -0.3 is 11.1 Å². The van der Waals surface area contributed by atoms with E-state index < -0.39 is 34.0 Å². The van der Waals surface area contributed by atoms with E-state index in [-0.39, 0.29) is 65.1 Å². The van der Waals surface area contributed by atoms with Crippen LogP contribution in [0.15, 0.2) is 12.1 Å². The number of benzene rings is 1. The average Bonchev–Trinajstić information content (AvgIpc) is 2.78. The Bertz CT molecular complexity index is 1120. The topological polar surface area (TPSA) is 119 Å². The Morgan fingerprint density at radius 1 is 1.13 bits per heavy atom. The molecule has 5 aliphatic rings. The molecule has 1 aromatic rings. The van der Waals surface area contributed by atoms with E-state index in [0.717, 1.165) is 23.6 Å². The molecule has 1 aliphatic heterocycles. The molecular formula is C24H31Cl2F3N4O4S. The Balaban J connectivity index is 1.32. The number of hydrogen-bond acceptors (Lipinski definition) is 6. The first-order chi connectivity index (χ1) is 17.6.